The Balaban J connectivity index is 2.94. The molecule has 0 amide bonds. The summed E-state index contributed by atoms with van der Waals surface area (Å²) in [6.45, 7) is 2.38. The number of nitro groups is 1. The van der Waals surface area contributed by atoms with Crippen molar-refractivity contribution < 1.29 is 9.66 Å². The van der Waals surface area contributed by atoms with E-state index < -0.39 is 4.92 Å². The number of aryl methyl sites for hydroxylation is 1. The SMILES string of the molecule is CCOc1cc([N+](=O)[O-])ccc1CCCBr. The quantitative estimate of drug-likeness (QED) is 0.458. The average Bonchev–Trinajstić information content (AvgIpc) is 2.27. The van der Waals surface area contributed by atoms with Gasteiger partial charge in [-0.15, -0.1) is 0 Å². The maximum absolute atomic E-state index is 10.6. The maximum Gasteiger partial charge on any atom is 0.273 e. The summed E-state index contributed by atoms with van der Waals surface area (Å²) in [5.41, 5.74) is 1.10. The van der Waals surface area contributed by atoms with Gasteiger partial charge in [0.2, 0.25) is 0 Å². The first-order valence-electron chi connectivity index (χ1n) is 5.15. The Morgan fingerprint density at radius 1 is 1.50 bits per heavy atom. The van der Waals surface area contributed by atoms with Gasteiger partial charge in [0.1, 0.15) is 5.75 Å². The Kier molecular flexibility index (Phi) is 5.25. The lowest BCUT2D eigenvalue weighted by Crippen LogP contribution is -1.99. The van der Waals surface area contributed by atoms with Crippen molar-refractivity contribution in [1.29, 1.82) is 0 Å². The van der Waals surface area contributed by atoms with Gasteiger partial charge in [0.15, 0.2) is 0 Å². The van der Waals surface area contributed by atoms with E-state index in [1.54, 1.807) is 6.07 Å². The number of rotatable bonds is 6. The lowest BCUT2D eigenvalue weighted by atomic mass is 10.1. The minimum atomic E-state index is -0.406. The molecule has 16 heavy (non-hydrogen) atoms. The highest BCUT2D eigenvalue weighted by Crippen LogP contribution is 2.26. The van der Waals surface area contributed by atoms with E-state index in [9.17, 15) is 10.1 Å². The van der Waals surface area contributed by atoms with Crippen LogP contribution in [-0.2, 0) is 6.42 Å². The molecule has 0 saturated carbocycles. The summed E-state index contributed by atoms with van der Waals surface area (Å²) < 4.78 is 5.41. The molecule has 0 spiro atoms. The summed E-state index contributed by atoms with van der Waals surface area (Å²) in [4.78, 5) is 10.2. The van der Waals surface area contributed by atoms with Gasteiger partial charge in [-0.3, -0.25) is 10.1 Å². The summed E-state index contributed by atoms with van der Waals surface area (Å²) in [6.07, 6.45) is 1.84. The first-order valence-corrected chi connectivity index (χ1v) is 6.27. The highest BCUT2D eigenvalue weighted by Gasteiger charge is 2.11. The standard InChI is InChI=1S/C11H14BrNO3/c1-2-16-11-8-10(13(14)15)6-5-9(11)4-3-7-12/h5-6,8H,2-4,7H2,1H3. The molecule has 0 bridgehead atoms. The molecule has 0 heterocycles. The lowest BCUT2D eigenvalue weighted by molar-refractivity contribution is -0.384. The molecule has 0 aliphatic heterocycles. The fourth-order valence-corrected chi connectivity index (χ4v) is 1.69. The number of halogens is 1. The summed E-state index contributed by atoms with van der Waals surface area (Å²) in [7, 11) is 0. The zero-order valence-corrected chi connectivity index (χ0v) is 10.7. The molecular formula is C11H14BrNO3. The van der Waals surface area contributed by atoms with Gasteiger partial charge in [-0.1, -0.05) is 15.9 Å². The number of hydrogen-bond acceptors (Lipinski definition) is 3. The van der Waals surface area contributed by atoms with Gasteiger partial charge in [-0.05, 0) is 31.4 Å². The maximum atomic E-state index is 10.6. The second kappa shape index (κ2) is 6.48. The van der Waals surface area contributed by atoms with Crippen molar-refractivity contribution in [1.82, 2.24) is 0 Å². The van der Waals surface area contributed by atoms with Crippen molar-refractivity contribution in [3.63, 3.8) is 0 Å². The average molecular weight is 288 g/mol. The van der Waals surface area contributed by atoms with Crippen molar-refractivity contribution in [2.45, 2.75) is 19.8 Å². The van der Waals surface area contributed by atoms with Crippen LogP contribution in [0.2, 0.25) is 0 Å². The summed E-state index contributed by atoms with van der Waals surface area (Å²) in [5, 5.41) is 11.5. The van der Waals surface area contributed by atoms with Crippen LogP contribution in [0, 0.1) is 10.1 Å². The Bertz CT molecular complexity index is 368. The van der Waals surface area contributed by atoms with Gasteiger partial charge in [-0.25, -0.2) is 0 Å². The molecule has 0 aliphatic carbocycles. The van der Waals surface area contributed by atoms with Crippen LogP contribution in [0.5, 0.6) is 5.75 Å². The number of ether oxygens (including phenoxy) is 1. The van der Waals surface area contributed by atoms with Gasteiger partial charge in [0.25, 0.3) is 5.69 Å². The number of benzene rings is 1. The molecule has 0 unspecified atom stereocenters. The molecular weight excluding hydrogens is 274 g/mol. The van der Waals surface area contributed by atoms with Crippen molar-refractivity contribution in [2.75, 3.05) is 11.9 Å². The third-order valence-corrected chi connectivity index (χ3v) is 2.70. The van der Waals surface area contributed by atoms with Crippen LogP contribution in [0.15, 0.2) is 18.2 Å². The van der Waals surface area contributed by atoms with Crippen molar-refractivity contribution in [3.05, 3.63) is 33.9 Å². The monoisotopic (exact) mass is 287 g/mol. The van der Waals surface area contributed by atoms with Gasteiger partial charge in [0, 0.05) is 11.4 Å². The number of alkyl halides is 1. The largest absolute Gasteiger partial charge is 0.493 e. The number of hydrogen-bond donors (Lipinski definition) is 0. The van der Waals surface area contributed by atoms with Gasteiger partial charge < -0.3 is 4.74 Å². The fourth-order valence-electron chi connectivity index (χ4n) is 1.41. The Labute approximate surface area is 103 Å². The van der Waals surface area contributed by atoms with Crippen LogP contribution >= 0.6 is 15.9 Å². The van der Waals surface area contributed by atoms with E-state index in [1.807, 2.05) is 6.92 Å². The summed E-state index contributed by atoms with van der Waals surface area (Å²) in [6, 6.07) is 4.78. The Morgan fingerprint density at radius 3 is 2.81 bits per heavy atom. The summed E-state index contributed by atoms with van der Waals surface area (Å²) in [5.74, 6) is 0.623. The van der Waals surface area contributed by atoms with Crippen LogP contribution in [-0.4, -0.2) is 16.9 Å². The zero-order valence-electron chi connectivity index (χ0n) is 9.11. The van der Waals surface area contributed by atoms with E-state index in [0.717, 1.165) is 23.7 Å². The molecule has 4 nitrogen and oxygen atoms in total. The molecule has 1 rings (SSSR count). The molecule has 1 aromatic carbocycles. The number of nitro benzene ring substituents is 1. The predicted octanol–water partition coefficient (Wildman–Crippen LogP) is 3.32. The molecule has 0 aromatic heterocycles. The van der Waals surface area contributed by atoms with E-state index in [2.05, 4.69) is 15.9 Å². The number of nitrogens with zero attached hydrogens (tertiary/aromatic N) is 1. The predicted molar refractivity (Wildman–Crippen MR) is 66.4 cm³/mol. The summed E-state index contributed by atoms with van der Waals surface area (Å²) >= 11 is 3.36. The van der Waals surface area contributed by atoms with E-state index in [-0.39, 0.29) is 5.69 Å². The molecule has 1 aromatic rings. The second-order valence-electron chi connectivity index (χ2n) is 3.27. The smallest absolute Gasteiger partial charge is 0.273 e. The minimum absolute atomic E-state index is 0.0750. The first kappa shape index (κ1) is 13.0. The van der Waals surface area contributed by atoms with Crippen molar-refractivity contribution >= 4 is 21.6 Å². The minimum Gasteiger partial charge on any atom is -0.493 e. The fraction of sp³-hybridized carbons (Fsp3) is 0.455. The van der Waals surface area contributed by atoms with Crippen LogP contribution in [0.3, 0.4) is 0 Å². The molecule has 0 atom stereocenters. The molecule has 0 radical (unpaired) electrons. The van der Waals surface area contributed by atoms with E-state index in [1.165, 1.54) is 12.1 Å². The van der Waals surface area contributed by atoms with E-state index in [0.29, 0.717) is 12.4 Å². The topological polar surface area (TPSA) is 52.4 Å². The number of non-ortho nitro benzene ring substituents is 1. The lowest BCUT2D eigenvalue weighted by Gasteiger charge is -2.09. The molecule has 5 heteroatoms. The van der Waals surface area contributed by atoms with Crippen LogP contribution in [0.25, 0.3) is 0 Å². The van der Waals surface area contributed by atoms with Crippen molar-refractivity contribution in [2.24, 2.45) is 0 Å². The Morgan fingerprint density at radius 2 is 2.25 bits per heavy atom. The van der Waals surface area contributed by atoms with Crippen LogP contribution in [0.1, 0.15) is 18.9 Å². The van der Waals surface area contributed by atoms with Gasteiger partial charge in [-0.2, -0.15) is 0 Å². The molecule has 0 N–H and O–H groups in total. The van der Waals surface area contributed by atoms with Crippen LogP contribution < -0.4 is 4.74 Å². The normalized spacial score (nSPS) is 10.1. The van der Waals surface area contributed by atoms with E-state index >= 15 is 0 Å². The van der Waals surface area contributed by atoms with E-state index in [4.69, 9.17) is 4.74 Å². The highest BCUT2D eigenvalue weighted by molar-refractivity contribution is 9.09. The van der Waals surface area contributed by atoms with Gasteiger partial charge >= 0.3 is 0 Å². The molecule has 0 saturated heterocycles. The van der Waals surface area contributed by atoms with Crippen molar-refractivity contribution in [3.8, 4) is 5.75 Å². The first-order chi connectivity index (χ1) is 7.69. The second-order valence-corrected chi connectivity index (χ2v) is 4.07. The molecule has 0 fully saturated rings. The third-order valence-electron chi connectivity index (χ3n) is 2.14. The van der Waals surface area contributed by atoms with Gasteiger partial charge in [0.05, 0.1) is 17.6 Å². The highest BCUT2D eigenvalue weighted by atomic mass is 79.9. The third kappa shape index (κ3) is 3.48. The van der Waals surface area contributed by atoms with Crippen LogP contribution in [0.4, 0.5) is 5.69 Å². The zero-order chi connectivity index (χ0) is 12.0. The molecule has 0 aliphatic rings. The molecule has 88 valence electrons. The Hall–Kier alpha value is -1.10.